The quantitative estimate of drug-likeness (QED) is 0.408. The average molecular weight is 288 g/mol. The summed E-state index contributed by atoms with van der Waals surface area (Å²) in [6, 6.07) is 0. The van der Waals surface area contributed by atoms with Gasteiger partial charge in [0, 0.05) is 0 Å². The Kier molecular flexibility index (Phi) is 9.51. The highest BCUT2D eigenvalue weighted by atomic mass is 35.5. The van der Waals surface area contributed by atoms with Gasteiger partial charge in [0.1, 0.15) is 5.75 Å². The van der Waals surface area contributed by atoms with Crippen molar-refractivity contribution in [1.82, 2.24) is 0 Å². The first-order valence-corrected chi connectivity index (χ1v) is 7.64. The first kappa shape index (κ1) is 19.5. The minimum Gasteiger partial charge on any atom is -1.00 e. The summed E-state index contributed by atoms with van der Waals surface area (Å²) < 4.78 is 29.0. The molecule has 0 bridgehead atoms. The highest BCUT2D eigenvalue weighted by molar-refractivity contribution is 7.86. The fourth-order valence-corrected chi connectivity index (χ4v) is 3.09. The second-order valence-corrected chi connectivity index (χ2v) is 6.14. The molecule has 0 N–H and O–H groups in total. The van der Waals surface area contributed by atoms with Crippen LogP contribution in [0.2, 0.25) is 0 Å². The van der Waals surface area contributed by atoms with Gasteiger partial charge in [0.05, 0.1) is 32.3 Å². The minimum atomic E-state index is -3.36. The van der Waals surface area contributed by atoms with Crippen LogP contribution in [-0.2, 0) is 14.3 Å². The summed E-state index contributed by atoms with van der Waals surface area (Å²) >= 11 is 0. The molecule has 4 nitrogen and oxygen atoms in total. The molecule has 0 aromatic rings. The molecule has 0 aliphatic heterocycles. The molecule has 0 unspecified atom stereocenters. The summed E-state index contributed by atoms with van der Waals surface area (Å²) in [7, 11) is -3.36. The smallest absolute Gasteiger partial charge is 0.273 e. The molecule has 0 aliphatic rings. The molecule has 0 aromatic heterocycles. The van der Waals surface area contributed by atoms with E-state index in [2.05, 4.69) is 20.8 Å². The molecule has 0 saturated heterocycles. The fourth-order valence-electron chi connectivity index (χ4n) is 1.79. The SMILES string of the molecule is CC[N+](CC)(CC)CCS(=O)(=O)OC(C)C.[Cl-]. The van der Waals surface area contributed by atoms with Gasteiger partial charge < -0.3 is 16.9 Å². The molecular weight excluding hydrogens is 262 g/mol. The molecule has 0 heterocycles. The summed E-state index contributed by atoms with van der Waals surface area (Å²) in [5, 5.41) is 0. The number of halogens is 1. The molecule has 0 atom stereocenters. The van der Waals surface area contributed by atoms with Gasteiger partial charge in [0.15, 0.2) is 0 Å². The highest BCUT2D eigenvalue weighted by Gasteiger charge is 2.25. The molecule has 0 saturated carbocycles. The molecule has 0 rings (SSSR count). The van der Waals surface area contributed by atoms with Crippen LogP contribution in [0.15, 0.2) is 0 Å². The van der Waals surface area contributed by atoms with Crippen LogP contribution in [0.3, 0.4) is 0 Å². The Hall–Kier alpha value is 0.160. The van der Waals surface area contributed by atoms with E-state index in [-0.39, 0.29) is 24.3 Å². The van der Waals surface area contributed by atoms with E-state index in [9.17, 15) is 8.42 Å². The van der Waals surface area contributed by atoms with Gasteiger partial charge in [-0.05, 0) is 34.6 Å². The van der Waals surface area contributed by atoms with Crippen LogP contribution < -0.4 is 12.4 Å². The van der Waals surface area contributed by atoms with Crippen molar-refractivity contribution in [2.45, 2.75) is 40.7 Å². The van der Waals surface area contributed by atoms with Crippen molar-refractivity contribution in [3.63, 3.8) is 0 Å². The Morgan fingerprint density at radius 3 is 1.76 bits per heavy atom. The summed E-state index contributed by atoms with van der Waals surface area (Å²) in [5.74, 6) is 0.112. The van der Waals surface area contributed by atoms with Gasteiger partial charge in [-0.15, -0.1) is 0 Å². The van der Waals surface area contributed by atoms with Crippen LogP contribution in [0.25, 0.3) is 0 Å². The summed E-state index contributed by atoms with van der Waals surface area (Å²) in [6.07, 6.45) is -0.267. The van der Waals surface area contributed by atoms with Gasteiger partial charge in [-0.1, -0.05) is 0 Å². The molecule has 0 amide bonds. The van der Waals surface area contributed by atoms with Crippen molar-refractivity contribution >= 4 is 10.1 Å². The zero-order valence-electron chi connectivity index (χ0n) is 11.6. The van der Waals surface area contributed by atoms with E-state index in [1.807, 2.05) is 0 Å². The Bertz CT molecular complexity index is 279. The monoisotopic (exact) mass is 287 g/mol. The van der Waals surface area contributed by atoms with Crippen molar-refractivity contribution in [3.05, 3.63) is 0 Å². The maximum atomic E-state index is 11.6. The Labute approximate surface area is 112 Å². The highest BCUT2D eigenvalue weighted by Crippen LogP contribution is 2.08. The van der Waals surface area contributed by atoms with Gasteiger partial charge in [0.25, 0.3) is 10.1 Å². The lowest BCUT2D eigenvalue weighted by Gasteiger charge is -2.35. The van der Waals surface area contributed by atoms with Crippen LogP contribution in [0.4, 0.5) is 0 Å². The van der Waals surface area contributed by atoms with Crippen molar-refractivity contribution in [3.8, 4) is 0 Å². The van der Waals surface area contributed by atoms with E-state index < -0.39 is 10.1 Å². The molecule has 0 aromatic carbocycles. The van der Waals surface area contributed by atoms with E-state index in [4.69, 9.17) is 4.18 Å². The molecule has 0 aliphatic carbocycles. The van der Waals surface area contributed by atoms with Crippen molar-refractivity contribution in [2.24, 2.45) is 0 Å². The second kappa shape index (κ2) is 8.29. The third kappa shape index (κ3) is 7.24. The first-order chi connectivity index (χ1) is 7.31. The minimum absolute atomic E-state index is 0. The molecule has 0 radical (unpaired) electrons. The second-order valence-electron chi connectivity index (χ2n) is 4.42. The largest absolute Gasteiger partial charge is 1.00 e. The van der Waals surface area contributed by atoms with E-state index in [0.29, 0.717) is 6.54 Å². The normalized spacial score (nSPS) is 12.6. The lowest BCUT2D eigenvalue weighted by atomic mass is 10.3. The molecule has 0 spiro atoms. The Morgan fingerprint density at radius 2 is 1.47 bits per heavy atom. The van der Waals surface area contributed by atoms with E-state index in [1.54, 1.807) is 13.8 Å². The third-order valence-electron chi connectivity index (χ3n) is 3.17. The predicted molar refractivity (Wildman–Crippen MR) is 66.8 cm³/mol. The predicted octanol–water partition coefficient (Wildman–Crippen LogP) is -1.38. The van der Waals surface area contributed by atoms with E-state index in [1.165, 1.54) is 0 Å². The van der Waals surface area contributed by atoms with Crippen molar-refractivity contribution in [1.29, 1.82) is 0 Å². The van der Waals surface area contributed by atoms with Gasteiger partial charge in [-0.2, -0.15) is 8.42 Å². The number of hydrogen-bond acceptors (Lipinski definition) is 3. The summed E-state index contributed by atoms with van der Waals surface area (Å²) in [4.78, 5) is 0. The van der Waals surface area contributed by atoms with Gasteiger partial charge in [-0.3, -0.25) is 4.18 Å². The van der Waals surface area contributed by atoms with Gasteiger partial charge in [0.2, 0.25) is 0 Å². The third-order valence-corrected chi connectivity index (χ3v) is 4.53. The van der Waals surface area contributed by atoms with Crippen molar-refractivity contribution in [2.75, 3.05) is 31.9 Å². The van der Waals surface area contributed by atoms with Gasteiger partial charge in [-0.25, -0.2) is 0 Å². The number of rotatable bonds is 8. The van der Waals surface area contributed by atoms with Crippen LogP contribution in [-0.4, -0.2) is 50.9 Å². The molecular formula is C11H26ClNO3S. The summed E-state index contributed by atoms with van der Waals surface area (Å²) in [6.45, 7) is 13.3. The van der Waals surface area contributed by atoms with E-state index >= 15 is 0 Å². The fraction of sp³-hybridized carbons (Fsp3) is 1.00. The molecule has 106 valence electrons. The summed E-state index contributed by atoms with van der Waals surface area (Å²) in [5.41, 5.74) is 0. The number of nitrogens with zero attached hydrogens (tertiary/aromatic N) is 1. The molecule has 6 heteroatoms. The maximum Gasteiger partial charge on any atom is 0.273 e. The van der Waals surface area contributed by atoms with Crippen LogP contribution >= 0.6 is 0 Å². The Morgan fingerprint density at radius 1 is 1.06 bits per heavy atom. The van der Waals surface area contributed by atoms with Gasteiger partial charge >= 0.3 is 0 Å². The first-order valence-electron chi connectivity index (χ1n) is 6.07. The average Bonchev–Trinajstić information content (AvgIpc) is 2.19. The molecule has 0 fully saturated rings. The van der Waals surface area contributed by atoms with Crippen LogP contribution in [0.1, 0.15) is 34.6 Å². The molecule has 17 heavy (non-hydrogen) atoms. The number of quaternary nitrogens is 1. The maximum absolute atomic E-state index is 11.6. The topological polar surface area (TPSA) is 43.4 Å². The lowest BCUT2D eigenvalue weighted by molar-refractivity contribution is -0.921. The van der Waals surface area contributed by atoms with Crippen LogP contribution in [0, 0.1) is 0 Å². The lowest BCUT2D eigenvalue weighted by Crippen LogP contribution is -3.00. The van der Waals surface area contributed by atoms with E-state index in [0.717, 1.165) is 24.1 Å². The Balaban J connectivity index is 0. The zero-order chi connectivity index (χ0) is 12.8. The standard InChI is InChI=1S/C11H26NO3S.ClH/c1-6-12(7-2,8-3)9-10-16(13,14)15-11(4)5;/h11H,6-10H2,1-5H3;1H/q+1;/p-1. The van der Waals surface area contributed by atoms with Crippen LogP contribution in [0.5, 0.6) is 0 Å². The van der Waals surface area contributed by atoms with Crippen molar-refractivity contribution < 1.29 is 29.5 Å². The zero-order valence-corrected chi connectivity index (χ0v) is 13.1. The number of hydrogen-bond donors (Lipinski definition) is 0.